The zero-order valence-electron chi connectivity index (χ0n) is 15.3. The number of benzene rings is 2. The van der Waals surface area contributed by atoms with E-state index in [-0.39, 0.29) is 34.1 Å². The summed E-state index contributed by atoms with van der Waals surface area (Å²) in [5.74, 6) is -2.90. The van der Waals surface area contributed by atoms with Gasteiger partial charge in [-0.15, -0.1) is 0 Å². The average Bonchev–Trinajstić information content (AvgIpc) is 3.08. The van der Waals surface area contributed by atoms with Gasteiger partial charge in [0.15, 0.2) is 0 Å². The number of aliphatic carboxylic acids is 1. The Morgan fingerprint density at radius 3 is 2.67 bits per heavy atom. The SMILES string of the molecule is N#CC1(c2ccc(Cl)cc2F)CCN(C(=O)NCC(=O)O)[C@@H]1c1cccc(Cl)c1F. The molecule has 0 aromatic heterocycles. The largest absolute Gasteiger partial charge is 0.480 e. The Kier molecular flexibility index (Phi) is 6.15. The van der Waals surface area contributed by atoms with Gasteiger partial charge in [-0.3, -0.25) is 4.79 Å². The molecule has 1 fully saturated rings. The van der Waals surface area contributed by atoms with Crippen LogP contribution in [-0.4, -0.2) is 35.1 Å². The predicted molar refractivity (Wildman–Crippen MR) is 105 cm³/mol. The van der Waals surface area contributed by atoms with Crippen LogP contribution in [-0.2, 0) is 10.2 Å². The molecule has 3 rings (SSSR count). The smallest absolute Gasteiger partial charge is 0.323 e. The molecule has 1 saturated heterocycles. The van der Waals surface area contributed by atoms with Crippen molar-refractivity contribution in [1.82, 2.24) is 10.2 Å². The third-order valence-corrected chi connectivity index (χ3v) is 5.59. The second-order valence-electron chi connectivity index (χ2n) is 6.75. The van der Waals surface area contributed by atoms with Gasteiger partial charge >= 0.3 is 12.0 Å². The van der Waals surface area contributed by atoms with Gasteiger partial charge in [0.2, 0.25) is 0 Å². The minimum Gasteiger partial charge on any atom is -0.480 e. The summed E-state index contributed by atoms with van der Waals surface area (Å²) >= 11 is 11.7. The van der Waals surface area contributed by atoms with E-state index in [0.29, 0.717) is 0 Å². The topological polar surface area (TPSA) is 93.4 Å². The van der Waals surface area contributed by atoms with E-state index in [4.69, 9.17) is 28.3 Å². The van der Waals surface area contributed by atoms with E-state index < -0.39 is 41.6 Å². The number of likely N-dealkylation sites (tertiary alicyclic amines) is 1. The lowest BCUT2D eigenvalue weighted by molar-refractivity contribution is -0.135. The number of hydrogen-bond donors (Lipinski definition) is 2. The summed E-state index contributed by atoms with van der Waals surface area (Å²) in [5, 5.41) is 21.0. The minimum absolute atomic E-state index is 0.0147. The normalized spacial score (nSPS) is 20.6. The first kappa shape index (κ1) is 21.8. The number of hydrogen-bond acceptors (Lipinski definition) is 3. The van der Waals surface area contributed by atoms with Crippen LogP contribution in [0.15, 0.2) is 36.4 Å². The first-order valence-electron chi connectivity index (χ1n) is 8.78. The zero-order valence-corrected chi connectivity index (χ0v) is 16.8. The Morgan fingerprint density at radius 1 is 1.30 bits per heavy atom. The van der Waals surface area contributed by atoms with Crippen molar-refractivity contribution in [2.75, 3.05) is 13.1 Å². The van der Waals surface area contributed by atoms with Gasteiger partial charge in [-0.25, -0.2) is 13.6 Å². The van der Waals surface area contributed by atoms with E-state index in [1.165, 1.54) is 30.3 Å². The van der Waals surface area contributed by atoms with Crippen LogP contribution in [0.25, 0.3) is 0 Å². The molecule has 1 heterocycles. The quantitative estimate of drug-likeness (QED) is 0.722. The number of carbonyl (C=O) groups is 2. The summed E-state index contributed by atoms with van der Waals surface area (Å²) < 4.78 is 29.8. The maximum Gasteiger partial charge on any atom is 0.323 e. The van der Waals surface area contributed by atoms with Crippen molar-refractivity contribution in [3.05, 3.63) is 69.2 Å². The van der Waals surface area contributed by atoms with Gasteiger partial charge in [0.25, 0.3) is 0 Å². The Morgan fingerprint density at radius 2 is 2.03 bits per heavy atom. The summed E-state index contributed by atoms with van der Waals surface area (Å²) in [6.07, 6.45) is -0.0147. The second-order valence-corrected chi connectivity index (χ2v) is 7.59. The number of carbonyl (C=O) groups excluding carboxylic acids is 1. The average molecular weight is 454 g/mol. The molecule has 2 aromatic rings. The molecule has 0 radical (unpaired) electrons. The number of nitrogens with zero attached hydrogens (tertiary/aromatic N) is 2. The van der Waals surface area contributed by atoms with Crippen LogP contribution in [0.1, 0.15) is 23.6 Å². The Hall–Kier alpha value is -2.89. The summed E-state index contributed by atoms with van der Waals surface area (Å²) in [6.45, 7) is -0.716. The van der Waals surface area contributed by atoms with Gasteiger partial charge in [0.1, 0.15) is 23.6 Å². The van der Waals surface area contributed by atoms with Crippen LogP contribution in [0.2, 0.25) is 10.0 Å². The number of carboxylic acids is 1. The van der Waals surface area contributed by atoms with Crippen LogP contribution < -0.4 is 5.32 Å². The minimum atomic E-state index is -1.65. The standard InChI is InChI=1S/C20H15Cl2F2N3O3/c21-11-4-5-13(15(23)8-11)20(10-25)6-7-27(19(30)26-9-16(28)29)18(20)12-2-1-3-14(22)17(12)24/h1-5,8,18H,6-7,9H2,(H,26,30)(H,28,29)/t18-,20?/m1/s1. The van der Waals surface area contributed by atoms with E-state index in [0.717, 1.165) is 11.0 Å². The fourth-order valence-electron chi connectivity index (χ4n) is 3.78. The monoisotopic (exact) mass is 453 g/mol. The third kappa shape index (κ3) is 3.78. The van der Waals surface area contributed by atoms with Crippen LogP contribution in [0.4, 0.5) is 13.6 Å². The van der Waals surface area contributed by atoms with E-state index >= 15 is 0 Å². The van der Waals surface area contributed by atoms with Crippen molar-refractivity contribution in [2.24, 2.45) is 0 Å². The van der Waals surface area contributed by atoms with E-state index in [1.807, 2.05) is 0 Å². The highest BCUT2D eigenvalue weighted by Gasteiger charge is 2.53. The molecule has 2 aromatic carbocycles. The lowest BCUT2D eigenvalue weighted by atomic mass is 9.72. The summed E-state index contributed by atoms with van der Waals surface area (Å²) in [6, 6.07) is 7.86. The summed E-state index contributed by atoms with van der Waals surface area (Å²) in [7, 11) is 0. The Labute approximate surface area is 180 Å². The van der Waals surface area contributed by atoms with Crippen molar-refractivity contribution in [3.8, 4) is 6.07 Å². The predicted octanol–water partition coefficient (Wildman–Crippen LogP) is 4.27. The Balaban J connectivity index is 2.18. The van der Waals surface area contributed by atoms with Crippen LogP contribution >= 0.6 is 23.2 Å². The van der Waals surface area contributed by atoms with Crippen molar-refractivity contribution in [1.29, 1.82) is 5.26 Å². The Bertz CT molecular complexity index is 1060. The number of nitrogens with one attached hydrogen (secondary N) is 1. The van der Waals surface area contributed by atoms with Gasteiger partial charge in [-0.05, 0) is 24.6 Å². The first-order chi connectivity index (χ1) is 14.2. The highest BCUT2D eigenvalue weighted by molar-refractivity contribution is 6.31. The molecular weight excluding hydrogens is 439 g/mol. The van der Waals surface area contributed by atoms with Crippen molar-refractivity contribution >= 4 is 35.2 Å². The van der Waals surface area contributed by atoms with Crippen molar-refractivity contribution < 1.29 is 23.5 Å². The van der Waals surface area contributed by atoms with Gasteiger partial charge in [0, 0.05) is 22.7 Å². The van der Waals surface area contributed by atoms with Crippen LogP contribution in [0.5, 0.6) is 0 Å². The maximum atomic E-state index is 15.0. The molecule has 2 N–H and O–H groups in total. The molecule has 2 amide bonds. The summed E-state index contributed by atoms with van der Waals surface area (Å²) in [5.41, 5.74) is -1.78. The molecule has 0 spiro atoms. The van der Waals surface area contributed by atoms with E-state index in [1.54, 1.807) is 0 Å². The lowest BCUT2D eigenvalue weighted by Gasteiger charge is -2.34. The first-order valence-corrected chi connectivity index (χ1v) is 9.54. The number of amides is 2. The molecule has 156 valence electrons. The van der Waals surface area contributed by atoms with Crippen molar-refractivity contribution in [2.45, 2.75) is 17.9 Å². The van der Waals surface area contributed by atoms with E-state index in [9.17, 15) is 23.6 Å². The molecule has 2 atom stereocenters. The van der Waals surface area contributed by atoms with Crippen molar-refractivity contribution in [3.63, 3.8) is 0 Å². The number of rotatable bonds is 4. The molecule has 1 aliphatic heterocycles. The number of urea groups is 1. The van der Waals surface area contributed by atoms with Crippen LogP contribution in [0, 0.1) is 23.0 Å². The summed E-state index contributed by atoms with van der Waals surface area (Å²) in [4.78, 5) is 24.6. The fourth-order valence-corrected chi connectivity index (χ4v) is 4.12. The zero-order chi connectivity index (χ0) is 22.1. The highest BCUT2D eigenvalue weighted by atomic mass is 35.5. The molecule has 1 aliphatic rings. The molecule has 0 saturated carbocycles. The van der Waals surface area contributed by atoms with Gasteiger partial charge < -0.3 is 15.3 Å². The highest BCUT2D eigenvalue weighted by Crippen LogP contribution is 2.50. The fraction of sp³-hybridized carbons (Fsp3) is 0.250. The second kappa shape index (κ2) is 8.46. The molecule has 30 heavy (non-hydrogen) atoms. The number of carboxylic acid groups (broad SMARTS) is 1. The lowest BCUT2D eigenvalue weighted by Crippen LogP contribution is -2.45. The molecule has 0 aliphatic carbocycles. The molecule has 10 heteroatoms. The molecule has 1 unspecified atom stereocenters. The maximum absolute atomic E-state index is 15.0. The molecule has 6 nitrogen and oxygen atoms in total. The third-order valence-electron chi connectivity index (χ3n) is 5.06. The van der Waals surface area contributed by atoms with Crippen LogP contribution in [0.3, 0.4) is 0 Å². The number of halogens is 4. The van der Waals surface area contributed by atoms with Gasteiger partial charge in [-0.2, -0.15) is 5.26 Å². The van der Waals surface area contributed by atoms with Gasteiger partial charge in [-0.1, -0.05) is 41.4 Å². The number of nitriles is 1. The van der Waals surface area contributed by atoms with Gasteiger partial charge in [0.05, 0.1) is 17.1 Å². The molecular formula is C20H15Cl2F2N3O3. The molecule has 0 bridgehead atoms. The van der Waals surface area contributed by atoms with E-state index in [2.05, 4.69) is 11.4 Å².